The number of hydrogen-bond acceptors (Lipinski definition) is 4. The quantitative estimate of drug-likeness (QED) is 0.340. The summed E-state index contributed by atoms with van der Waals surface area (Å²) >= 11 is 0. The first-order valence-electron chi connectivity index (χ1n) is 3.95. The van der Waals surface area contributed by atoms with Gasteiger partial charge in [0.15, 0.2) is 0 Å². The summed E-state index contributed by atoms with van der Waals surface area (Å²) in [4.78, 5) is 26.5. The fraction of sp³-hybridized carbons (Fsp3) is 0.750. The van der Waals surface area contributed by atoms with E-state index in [1.807, 2.05) is 6.92 Å². The zero-order chi connectivity index (χ0) is 9.23. The average molecular weight is 168 g/mol. The predicted molar refractivity (Wildman–Crippen MR) is 44.4 cm³/mol. The van der Waals surface area contributed by atoms with Crippen molar-refractivity contribution in [2.24, 2.45) is 9.98 Å². The van der Waals surface area contributed by atoms with Crippen molar-refractivity contribution in [2.45, 2.75) is 32.2 Å². The monoisotopic (exact) mass is 168 g/mol. The molecule has 0 aliphatic heterocycles. The van der Waals surface area contributed by atoms with E-state index in [0.29, 0.717) is 6.54 Å². The SMILES string of the molecule is CC[C@H](CCCN=C=O)N=C=O. The van der Waals surface area contributed by atoms with Crippen molar-refractivity contribution < 1.29 is 9.59 Å². The predicted octanol–water partition coefficient (Wildman–Crippen LogP) is 1.22. The molecule has 0 N–H and O–H groups in total. The molecular formula is C8H12N2O2. The van der Waals surface area contributed by atoms with Crippen molar-refractivity contribution in [1.82, 2.24) is 0 Å². The number of aliphatic imine (C=N–C) groups is 2. The fourth-order valence-electron chi connectivity index (χ4n) is 0.886. The van der Waals surface area contributed by atoms with Gasteiger partial charge in [0.25, 0.3) is 0 Å². The number of carbonyl (C=O) groups excluding carboxylic acids is 2. The van der Waals surface area contributed by atoms with E-state index in [2.05, 4.69) is 9.98 Å². The smallest absolute Gasteiger partial charge is 0.211 e. The second-order valence-electron chi connectivity index (χ2n) is 2.40. The summed E-state index contributed by atoms with van der Waals surface area (Å²) in [6, 6.07) is 0.0318. The molecule has 4 nitrogen and oxygen atoms in total. The first-order valence-corrected chi connectivity index (χ1v) is 3.95. The molecule has 0 saturated carbocycles. The Kier molecular flexibility index (Phi) is 7.05. The summed E-state index contributed by atoms with van der Waals surface area (Å²) in [6.07, 6.45) is 5.34. The topological polar surface area (TPSA) is 58.9 Å². The minimum atomic E-state index is 0.0318. The molecule has 12 heavy (non-hydrogen) atoms. The Hall–Kier alpha value is -1.24. The Morgan fingerprint density at radius 3 is 2.58 bits per heavy atom. The Bertz CT molecular complexity index is 203. The second kappa shape index (κ2) is 7.86. The summed E-state index contributed by atoms with van der Waals surface area (Å²) in [5, 5.41) is 0. The van der Waals surface area contributed by atoms with E-state index in [9.17, 15) is 9.59 Å². The van der Waals surface area contributed by atoms with Gasteiger partial charge in [0, 0.05) is 0 Å². The van der Waals surface area contributed by atoms with E-state index in [1.54, 1.807) is 0 Å². The van der Waals surface area contributed by atoms with E-state index < -0.39 is 0 Å². The van der Waals surface area contributed by atoms with E-state index in [1.165, 1.54) is 12.2 Å². The first-order chi connectivity index (χ1) is 5.85. The molecule has 0 bridgehead atoms. The largest absolute Gasteiger partial charge is 0.235 e. The lowest BCUT2D eigenvalue weighted by Gasteiger charge is -2.04. The highest BCUT2D eigenvalue weighted by Crippen LogP contribution is 2.05. The molecule has 0 radical (unpaired) electrons. The summed E-state index contributed by atoms with van der Waals surface area (Å²) in [6.45, 7) is 2.42. The van der Waals surface area contributed by atoms with Crippen molar-refractivity contribution in [3.63, 3.8) is 0 Å². The van der Waals surface area contributed by atoms with Crippen molar-refractivity contribution in [1.29, 1.82) is 0 Å². The summed E-state index contributed by atoms with van der Waals surface area (Å²) < 4.78 is 0. The Balaban J connectivity index is 3.57. The second-order valence-corrected chi connectivity index (χ2v) is 2.40. The van der Waals surface area contributed by atoms with Crippen LogP contribution < -0.4 is 0 Å². The number of rotatable bonds is 6. The Morgan fingerprint density at radius 1 is 1.33 bits per heavy atom. The summed E-state index contributed by atoms with van der Waals surface area (Å²) in [5.74, 6) is 0. The first kappa shape index (κ1) is 10.8. The van der Waals surface area contributed by atoms with Gasteiger partial charge in [-0.05, 0) is 19.3 Å². The van der Waals surface area contributed by atoms with Crippen LogP contribution in [0.5, 0.6) is 0 Å². The summed E-state index contributed by atoms with van der Waals surface area (Å²) in [5.41, 5.74) is 0. The molecule has 66 valence electrons. The highest BCUT2D eigenvalue weighted by atomic mass is 16.1. The molecule has 0 aliphatic rings. The molecule has 0 unspecified atom stereocenters. The van der Waals surface area contributed by atoms with Crippen LogP contribution in [0.1, 0.15) is 26.2 Å². The van der Waals surface area contributed by atoms with Gasteiger partial charge < -0.3 is 0 Å². The zero-order valence-corrected chi connectivity index (χ0v) is 7.12. The third-order valence-electron chi connectivity index (χ3n) is 1.58. The molecule has 1 atom stereocenters. The van der Waals surface area contributed by atoms with Crippen LogP contribution in [0.3, 0.4) is 0 Å². The van der Waals surface area contributed by atoms with Gasteiger partial charge in [-0.3, -0.25) is 0 Å². The van der Waals surface area contributed by atoms with Gasteiger partial charge in [-0.1, -0.05) is 6.92 Å². The lowest BCUT2D eigenvalue weighted by Crippen LogP contribution is -2.02. The van der Waals surface area contributed by atoms with Gasteiger partial charge in [0.05, 0.1) is 12.6 Å². The number of isocyanates is 2. The maximum atomic E-state index is 9.89. The maximum Gasteiger partial charge on any atom is 0.235 e. The lowest BCUT2D eigenvalue weighted by atomic mass is 10.1. The highest BCUT2D eigenvalue weighted by molar-refractivity contribution is 5.33. The van der Waals surface area contributed by atoms with E-state index >= 15 is 0 Å². The van der Waals surface area contributed by atoms with E-state index in [-0.39, 0.29) is 6.04 Å². The van der Waals surface area contributed by atoms with Gasteiger partial charge in [-0.15, -0.1) is 0 Å². The van der Waals surface area contributed by atoms with Crippen LogP contribution in [0.25, 0.3) is 0 Å². The highest BCUT2D eigenvalue weighted by Gasteiger charge is 2.01. The molecule has 0 aromatic carbocycles. The molecule has 0 aromatic heterocycles. The third-order valence-corrected chi connectivity index (χ3v) is 1.58. The van der Waals surface area contributed by atoms with E-state index in [4.69, 9.17) is 0 Å². The van der Waals surface area contributed by atoms with Crippen molar-refractivity contribution in [2.75, 3.05) is 6.54 Å². The van der Waals surface area contributed by atoms with Gasteiger partial charge in [-0.25, -0.2) is 19.6 Å². The number of nitrogens with zero attached hydrogens (tertiary/aromatic N) is 2. The lowest BCUT2D eigenvalue weighted by molar-refractivity contribution is 0.536. The zero-order valence-electron chi connectivity index (χ0n) is 7.12. The molecular weight excluding hydrogens is 156 g/mol. The average Bonchev–Trinajstić information content (AvgIpc) is 2.10. The fourth-order valence-corrected chi connectivity index (χ4v) is 0.886. The van der Waals surface area contributed by atoms with Gasteiger partial charge in [0.1, 0.15) is 0 Å². The molecule has 0 saturated heterocycles. The molecule has 0 amide bonds. The van der Waals surface area contributed by atoms with Crippen molar-refractivity contribution in [3.8, 4) is 0 Å². The normalized spacial score (nSPS) is 11.1. The Morgan fingerprint density at radius 2 is 2.08 bits per heavy atom. The molecule has 0 heterocycles. The standard InChI is InChI=1S/C8H12N2O2/c1-2-8(10-7-12)4-3-5-9-6-11/h8H,2-5H2,1H3/t8-/m1/s1. The maximum absolute atomic E-state index is 9.89. The molecule has 4 heteroatoms. The van der Waals surface area contributed by atoms with Crippen LogP contribution in [0, 0.1) is 0 Å². The molecule has 0 rings (SSSR count). The summed E-state index contributed by atoms with van der Waals surface area (Å²) in [7, 11) is 0. The van der Waals surface area contributed by atoms with Gasteiger partial charge >= 0.3 is 0 Å². The van der Waals surface area contributed by atoms with Crippen LogP contribution in [0.4, 0.5) is 0 Å². The molecule has 0 aliphatic carbocycles. The third kappa shape index (κ3) is 5.54. The van der Waals surface area contributed by atoms with Crippen molar-refractivity contribution in [3.05, 3.63) is 0 Å². The minimum Gasteiger partial charge on any atom is -0.211 e. The minimum absolute atomic E-state index is 0.0318. The molecule has 0 spiro atoms. The molecule has 0 aromatic rings. The van der Waals surface area contributed by atoms with Crippen LogP contribution in [0.2, 0.25) is 0 Å². The van der Waals surface area contributed by atoms with Crippen LogP contribution in [-0.2, 0) is 9.59 Å². The number of hydrogen-bond donors (Lipinski definition) is 0. The van der Waals surface area contributed by atoms with Crippen LogP contribution in [0.15, 0.2) is 9.98 Å². The van der Waals surface area contributed by atoms with Crippen LogP contribution in [-0.4, -0.2) is 24.7 Å². The van der Waals surface area contributed by atoms with Gasteiger partial charge in [0.2, 0.25) is 12.2 Å². The van der Waals surface area contributed by atoms with Gasteiger partial charge in [-0.2, -0.15) is 0 Å². The molecule has 0 fully saturated rings. The Labute approximate surface area is 71.4 Å². The van der Waals surface area contributed by atoms with E-state index in [0.717, 1.165) is 19.3 Å². The van der Waals surface area contributed by atoms with Crippen LogP contribution >= 0.6 is 0 Å². The van der Waals surface area contributed by atoms with Crippen molar-refractivity contribution >= 4 is 12.2 Å².